The fourth-order valence-electron chi connectivity index (χ4n) is 2.09. The summed E-state index contributed by atoms with van der Waals surface area (Å²) in [6.07, 6.45) is 5.72. The third-order valence-electron chi connectivity index (χ3n) is 3.03. The van der Waals surface area contributed by atoms with Crippen LogP contribution in [0.2, 0.25) is 0 Å². The van der Waals surface area contributed by atoms with Crippen LogP contribution in [0.4, 0.5) is 0 Å². The smallest absolute Gasteiger partial charge is 0.150 e. The van der Waals surface area contributed by atoms with Gasteiger partial charge in [0.2, 0.25) is 0 Å². The normalized spacial score (nSPS) is 18.6. The lowest BCUT2D eigenvalue weighted by molar-refractivity contribution is 0.0676. The van der Waals surface area contributed by atoms with Crippen molar-refractivity contribution in [1.29, 1.82) is 0 Å². The van der Waals surface area contributed by atoms with Gasteiger partial charge in [0.25, 0.3) is 0 Å². The largest absolute Gasteiger partial charge is 0.491 e. The van der Waals surface area contributed by atoms with E-state index in [2.05, 4.69) is 6.58 Å². The molecular weight excluding hydrogens is 228 g/mol. The Labute approximate surface area is 107 Å². The topological polar surface area (TPSA) is 35.5 Å². The van der Waals surface area contributed by atoms with Crippen LogP contribution in [0.1, 0.15) is 28.8 Å². The molecule has 0 N–H and O–H groups in total. The van der Waals surface area contributed by atoms with Crippen LogP contribution >= 0.6 is 0 Å². The van der Waals surface area contributed by atoms with Gasteiger partial charge in [0.15, 0.2) is 0 Å². The average molecular weight is 246 g/mol. The quantitative estimate of drug-likeness (QED) is 0.572. The maximum atomic E-state index is 10.8. The summed E-state index contributed by atoms with van der Waals surface area (Å²) in [5, 5.41) is 0. The van der Waals surface area contributed by atoms with Crippen LogP contribution in [0.5, 0.6) is 5.75 Å². The number of ether oxygens (including phenoxy) is 2. The van der Waals surface area contributed by atoms with E-state index in [-0.39, 0.29) is 6.10 Å². The molecule has 0 radical (unpaired) electrons. The molecule has 0 amide bonds. The lowest BCUT2D eigenvalue weighted by atomic mass is 10.1. The molecule has 1 aromatic carbocycles. The van der Waals surface area contributed by atoms with Gasteiger partial charge in [0, 0.05) is 12.2 Å². The number of carbonyl (C=O) groups is 1. The molecule has 1 aromatic rings. The zero-order valence-corrected chi connectivity index (χ0v) is 10.4. The molecule has 0 aliphatic carbocycles. The second kappa shape index (κ2) is 6.36. The molecule has 3 heteroatoms. The Morgan fingerprint density at radius 2 is 2.39 bits per heavy atom. The number of rotatable bonds is 6. The predicted octanol–water partition coefficient (Wildman–Crippen LogP) is 2.79. The summed E-state index contributed by atoms with van der Waals surface area (Å²) in [6, 6.07) is 5.46. The molecule has 1 atom stereocenters. The summed E-state index contributed by atoms with van der Waals surface area (Å²) >= 11 is 0. The first-order valence-corrected chi connectivity index (χ1v) is 6.27. The molecule has 1 fully saturated rings. The van der Waals surface area contributed by atoms with Gasteiger partial charge in [0.1, 0.15) is 18.6 Å². The second-order valence-electron chi connectivity index (χ2n) is 4.42. The minimum absolute atomic E-state index is 0.201. The van der Waals surface area contributed by atoms with Gasteiger partial charge in [-0.15, -0.1) is 6.58 Å². The molecule has 1 unspecified atom stereocenters. The summed E-state index contributed by atoms with van der Waals surface area (Å²) in [4.78, 5) is 10.8. The van der Waals surface area contributed by atoms with Crippen LogP contribution in [0.25, 0.3) is 0 Å². The van der Waals surface area contributed by atoms with Crippen LogP contribution in [0, 0.1) is 0 Å². The Hall–Kier alpha value is -1.61. The summed E-state index contributed by atoms with van der Waals surface area (Å²) in [7, 11) is 0. The number of allylic oxidation sites excluding steroid dienone is 1. The molecule has 96 valence electrons. The molecule has 0 spiro atoms. The van der Waals surface area contributed by atoms with Crippen LogP contribution in [0.15, 0.2) is 30.9 Å². The van der Waals surface area contributed by atoms with Gasteiger partial charge in [-0.1, -0.05) is 6.08 Å². The minimum atomic E-state index is 0.201. The zero-order valence-electron chi connectivity index (χ0n) is 10.4. The van der Waals surface area contributed by atoms with E-state index in [1.54, 1.807) is 6.07 Å². The van der Waals surface area contributed by atoms with E-state index in [0.717, 1.165) is 37.0 Å². The van der Waals surface area contributed by atoms with Crippen molar-refractivity contribution in [2.45, 2.75) is 25.4 Å². The van der Waals surface area contributed by atoms with E-state index in [1.165, 1.54) is 0 Å². The highest BCUT2D eigenvalue weighted by molar-refractivity contribution is 5.75. The molecule has 2 rings (SSSR count). The highest BCUT2D eigenvalue weighted by Crippen LogP contribution is 2.22. The van der Waals surface area contributed by atoms with Crippen molar-refractivity contribution in [3.8, 4) is 5.75 Å². The summed E-state index contributed by atoms with van der Waals surface area (Å²) in [6.45, 7) is 5.13. The predicted molar refractivity (Wildman–Crippen MR) is 70.2 cm³/mol. The maximum Gasteiger partial charge on any atom is 0.150 e. The number of benzene rings is 1. The lowest BCUT2D eigenvalue weighted by Crippen LogP contribution is -2.16. The van der Waals surface area contributed by atoms with Crippen molar-refractivity contribution in [3.63, 3.8) is 0 Å². The number of aldehydes is 1. The molecule has 1 aliphatic rings. The first kappa shape index (κ1) is 12.8. The van der Waals surface area contributed by atoms with E-state index in [9.17, 15) is 4.79 Å². The standard InChI is InChI=1S/C15H18O3/c1-2-4-13-9-12(10-16)6-7-15(13)18-11-14-5-3-8-17-14/h2,6-7,9-10,14H,1,3-5,8,11H2. The third kappa shape index (κ3) is 3.20. The van der Waals surface area contributed by atoms with E-state index < -0.39 is 0 Å². The Balaban J connectivity index is 2.04. The summed E-state index contributed by atoms with van der Waals surface area (Å²) in [5.74, 6) is 0.816. The fourth-order valence-corrected chi connectivity index (χ4v) is 2.09. The molecule has 1 aliphatic heterocycles. The highest BCUT2D eigenvalue weighted by atomic mass is 16.5. The number of hydrogen-bond donors (Lipinski definition) is 0. The molecule has 0 bridgehead atoms. The van der Waals surface area contributed by atoms with Crippen molar-refractivity contribution in [2.75, 3.05) is 13.2 Å². The van der Waals surface area contributed by atoms with Crippen molar-refractivity contribution in [3.05, 3.63) is 42.0 Å². The van der Waals surface area contributed by atoms with E-state index in [4.69, 9.17) is 9.47 Å². The summed E-state index contributed by atoms with van der Waals surface area (Å²) < 4.78 is 11.3. The van der Waals surface area contributed by atoms with Gasteiger partial charge in [-0.3, -0.25) is 4.79 Å². The van der Waals surface area contributed by atoms with Crippen molar-refractivity contribution in [2.24, 2.45) is 0 Å². The van der Waals surface area contributed by atoms with Crippen LogP contribution in [0.3, 0.4) is 0 Å². The molecule has 1 heterocycles. The fraction of sp³-hybridized carbons (Fsp3) is 0.400. The molecular formula is C15H18O3. The number of carbonyl (C=O) groups excluding carboxylic acids is 1. The van der Waals surface area contributed by atoms with Crippen LogP contribution in [-0.2, 0) is 11.2 Å². The lowest BCUT2D eigenvalue weighted by Gasteiger charge is -2.14. The van der Waals surface area contributed by atoms with Gasteiger partial charge in [-0.05, 0) is 43.0 Å². The van der Waals surface area contributed by atoms with Crippen molar-refractivity contribution >= 4 is 6.29 Å². The van der Waals surface area contributed by atoms with Crippen molar-refractivity contribution < 1.29 is 14.3 Å². The minimum Gasteiger partial charge on any atom is -0.491 e. The van der Waals surface area contributed by atoms with E-state index in [0.29, 0.717) is 18.6 Å². The van der Waals surface area contributed by atoms with E-state index in [1.807, 2.05) is 18.2 Å². The molecule has 1 saturated heterocycles. The Morgan fingerprint density at radius 3 is 3.06 bits per heavy atom. The first-order valence-electron chi connectivity index (χ1n) is 6.27. The van der Waals surface area contributed by atoms with Gasteiger partial charge in [0.05, 0.1) is 6.10 Å². The third-order valence-corrected chi connectivity index (χ3v) is 3.03. The van der Waals surface area contributed by atoms with Gasteiger partial charge in [-0.25, -0.2) is 0 Å². The summed E-state index contributed by atoms with van der Waals surface area (Å²) in [5.41, 5.74) is 1.66. The van der Waals surface area contributed by atoms with Crippen LogP contribution < -0.4 is 4.74 Å². The van der Waals surface area contributed by atoms with Crippen LogP contribution in [-0.4, -0.2) is 25.6 Å². The maximum absolute atomic E-state index is 10.8. The SMILES string of the molecule is C=CCc1cc(C=O)ccc1OCC1CCCO1. The zero-order chi connectivity index (χ0) is 12.8. The Morgan fingerprint density at radius 1 is 1.50 bits per heavy atom. The average Bonchev–Trinajstić information content (AvgIpc) is 2.90. The van der Waals surface area contributed by atoms with E-state index >= 15 is 0 Å². The Kier molecular flexibility index (Phi) is 4.53. The highest BCUT2D eigenvalue weighted by Gasteiger charge is 2.16. The Bertz CT molecular complexity index is 420. The van der Waals surface area contributed by atoms with Gasteiger partial charge < -0.3 is 9.47 Å². The van der Waals surface area contributed by atoms with Gasteiger partial charge in [-0.2, -0.15) is 0 Å². The molecule has 3 nitrogen and oxygen atoms in total. The molecule has 0 aromatic heterocycles. The second-order valence-corrected chi connectivity index (χ2v) is 4.42. The molecule has 18 heavy (non-hydrogen) atoms. The molecule has 0 saturated carbocycles. The number of hydrogen-bond acceptors (Lipinski definition) is 3. The first-order chi connectivity index (χ1) is 8.83. The van der Waals surface area contributed by atoms with Gasteiger partial charge >= 0.3 is 0 Å². The van der Waals surface area contributed by atoms with Crippen molar-refractivity contribution in [1.82, 2.24) is 0 Å². The monoisotopic (exact) mass is 246 g/mol.